The maximum atomic E-state index is 13.2. The van der Waals surface area contributed by atoms with Crippen molar-refractivity contribution in [2.24, 2.45) is 5.92 Å². The van der Waals surface area contributed by atoms with Gasteiger partial charge in [-0.2, -0.15) is 13.2 Å². The molecule has 130 valence electrons. The van der Waals surface area contributed by atoms with Gasteiger partial charge in [0.1, 0.15) is 11.3 Å². The van der Waals surface area contributed by atoms with E-state index >= 15 is 0 Å². The van der Waals surface area contributed by atoms with Crippen LogP contribution in [-0.4, -0.2) is 25.5 Å². The predicted molar refractivity (Wildman–Crippen MR) is 82.7 cm³/mol. The molecule has 1 aromatic carbocycles. The molecule has 0 aromatic heterocycles. The zero-order valence-electron chi connectivity index (χ0n) is 13.1. The van der Waals surface area contributed by atoms with Crippen LogP contribution in [0, 0.1) is 5.92 Å². The first-order chi connectivity index (χ1) is 10.8. The van der Waals surface area contributed by atoms with Crippen LogP contribution in [0.15, 0.2) is 18.2 Å². The highest BCUT2D eigenvalue weighted by Crippen LogP contribution is 2.41. The number of hydrogen-bond donors (Lipinski definition) is 1. The van der Waals surface area contributed by atoms with Gasteiger partial charge in [0.15, 0.2) is 6.29 Å². The fourth-order valence-corrected chi connectivity index (χ4v) is 2.92. The fraction of sp³-hybridized carbons (Fsp3) is 0.625. The summed E-state index contributed by atoms with van der Waals surface area (Å²) in [6.45, 7) is 5.38. The molecule has 2 atom stereocenters. The Hall–Kier alpha value is -0.980. The van der Waals surface area contributed by atoms with Crippen LogP contribution in [0.5, 0.6) is 5.75 Å². The number of alkyl halides is 3. The Labute approximate surface area is 139 Å². The lowest BCUT2D eigenvalue weighted by Gasteiger charge is -2.25. The van der Waals surface area contributed by atoms with Crippen molar-refractivity contribution in [2.75, 3.05) is 13.1 Å². The molecule has 1 aliphatic rings. The number of benzene rings is 1. The van der Waals surface area contributed by atoms with Gasteiger partial charge in [-0.3, -0.25) is 0 Å². The van der Waals surface area contributed by atoms with Gasteiger partial charge in [0.2, 0.25) is 0 Å². The molecule has 0 unspecified atom stereocenters. The molecule has 3 nitrogen and oxygen atoms in total. The molecule has 0 bridgehead atoms. The summed E-state index contributed by atoms with van der Waals surface area (Å²) in [5, 5.41) is 2.85. The van der Waals surface area contributed by atoms with E-state index in [4.69, 9.17) is 21.1 Å². The van der Waals surface area contributed by atoms with Crippen molar-refractivity contribution in [3.8, 4) is 5.75 Å². The normalized spacial score (nSPS) is 20.0. The van der Waals surface area contributed by atoms with Crippen molar-refractivity contribution in [1.82, 2.24) is 5.32 Å². The summed E-state index contributed by atoms with van der Waals surface area (Å²) in [4.78, 5) is 0. The maximum Gasteiger partial charge on any atom is 0.421 e. The highest BCUT2D eigenvalue weighted by atomic mass is 35.5. The van der Waals surface area contributed by atoms with Gasteiger partial charge in [0, 0.05) is 6.42 Å². The standard InChI is InChI=1S/C16H21ClF3NO2/c1-10(2)22-14(8-11-6-7-21-9-11)23-13-5-3-4-12(17)15(13)16(18,19)20/h3-5,10-11,14,21H,6-9H2,1-2H3/t11-,14-/m1/s1. The van der Waals surface area contributed by atoms with E-state index in [9.17, 15) is 13.2 Å². The van der Waals surface area contributed by atoms with Crippen molar-refractivity contribution < 1.29 is 22.6 Å². The molecule has 1 fully saturated rings. The highest BCUT2D eigenvalue weighted by Gasteiger charge is 2.38. The van der Waals surface area contributed by atoms with Crippen molar-refractivity contribution in [2.45, 2.75) is 45.3 Å². The van der Waals surface area contributed by atoms with Gasteiger partial charge in [-0.05, 0) is 51.4 Å². The number of hydrogen-bond acceptors (Lipinski definition) is 3. The molecule has 0 saturated carbocycles. The zero-order chi connectivity index (χ0) is 17.0. The second kappa shape index (κ2) is 7.73. The monoisotopic (exact) mass is 351 g/mol. The lowest BCUT2D eigenvalue weighted by atomic mass is 10.0. The van der Waals surface area contributed by atoms with Crippen LogP contribution in [-0.2, 0) is 10.9 Å². The summed E-state index contributed by atoms with van der Waals surface area (Å²) in [6, 6.07) is 3.92. The topological polar surface area (TPSA) is 30.5 Å². The third-order valence-corrected chi connectivity index (χ3v) is 3.94. The lowest BCUT2D eigenvalue weighted by Crippen LogP contribution is -2.28. The molecular weight excluding hydrogens is 331 g/mol. The molecule has 1 saturated heterocycles. The summed E-state index contributed by atoms with van der Waals surface area (Å²) in [5.74, 6) is 0.0360. The molecule has 1 heterocycles. The summed E-state index contributed by atoms with van der Waals surface area (Å²) in [6.07, 6.45) is -3.97. The number of halogens is 4. The average molecular weight is 352 g/mol. The van der Waals surface area contributed by atoms with E-state index in [0.717, 1.165) is 19.5 Å². The van der Waals surface area contributed by atoms with E-state index in [1.807, 2.05) is 13.8 Å². The summed E-state index contributed by atoms with van der Waals surface area (Å²) in [7, 11) is 0. The number of rotatable bonds is 6. The molecule has 2 rings (SSSR count). The van der Waals surface area contributed by atoms with Crippen molar-refractivity contribution >= 4 is 11.6 Å². The van der Waals surface area contributed by atoms with Crippen LogP contribution in [0.4, 0.5) is 13.2 Å². The number of nitrogens with one attached hydrogen (secondary N) is 1. The summed E-state index contributed by atoms with van der Waals surface area (Å²) < 4.78 is 50.9. The zero-order valence-corrected chi connectivity index (χ0v) is 13.9. The van der Waals surface area contributed by atoms with Crippen LogP contribution in [0.25, 0.3) is 0 Å². The minimum atomic E-state index is -4.58. The molecule has 7 heteroatoms. The molecule has 23 heavy (non-hydrogen) atoms. The van der Waals surface area contributed by atoms with Crippen LogP contribution in [0.1, 0.15) is 32.3 Å². The molecule has 0 aliphatic carbocycles. The van der Waals surface area contributed by atoms with Gasteiger partial charge in [-0.1, -0.05) is 17.7 Å². The van der Waals surface area contributed by atoms with Crippen LogP contribution < -0.4 is 10.1 Å². The van der Waals surface area contributed by atoms with E-state index in [1.54, 1.807) is 0 Å². The SMILES string of the molecule is CC(C)O[C@@H](C[C@H]1CCNC1)Oc1cccc(Cl)c1C(F)(F)F. The van der Waals surface area contributed by atoms with E-state index in [2.05, 4.69) is 5.32 Å². The second-order valence-corrected chi connectivity index (χ2v) is 6.34. The largest absolute Gasteiger partial charge is 0.464 e. The molecule has 1 aromatic rings. The Kier molecular flexibility index (Phi) is 6.17. The number of ether oxygens (including phenoxy) is 2. The molecule has 1 N–H and O–H groups in total. The minimum absolute atomic E-state index is 0.150. The summed E-state index contributed by atoms with van der Waals surface area (Å²) >= 11 is 5.72. The smallest absolute Gasteiger partial charge is 0.421 e. The molecule has 0 amide bonds. The van der Waals surface area contributed by atoms with E-state index < -0.39 is 18.0 Å². The molecular formula is C16H21ClF3NO2. The Balaban J connectivity index is 2.19. The molecule has 1 aliphatic heterocycles. The third kappa shape index (κ3) is 5.26. The predicted octanol–water partition coefficient (Wildman–Crippen LogP) is 4.49. The van der Waals surface area contributed by atoms with Crippen molar-refractivity contribution in [3.05, 3.63) is 28.8 Å². The van der Waals surface area contributed by atoms with E-state index in [-0.39, 0.29) is 16.9 Å². The van der Waals surface area contributed by atoms with Crippen molar-refractivity contribution in [1.29, 1.82) is 0 Å². The molecule has 0 radical (unpaired) electrons. The first-order valence-electron chi connectivity index (χ1n) is 7.66. The first-order valence-corrected chi connectivity index (χ1v) is 8.03. The van der Waals surface area contributed by atoms with Gasteiger partial charge in [0.05, 0.1) is 11.1 Å². The Bertz CT molecular complexity index is 517. The maximum absolute atomic E-state index is 13.2. The van der Waals surface area contributed by atoms with Crippen LogP contribution in [0.2, 0.25) is 5.02 Å². The Morgan fingerprint density at radius 3 is 2.65 bits per heavy atom. The molecule has 0 spiro atoms. The Morgan fingerprint density at radius 1 is 1.35 bits per heavy atom. The fourth-order valence-electron chi connectivity index (χ4n) is 2.64. The second-order valence-electron chi connectivity index (χ2n) is 5.94. The van der Waals surface area contributed by atoms with Gasteiger partial charge < -0.3 is 14.8 Å². The lowest BCUT2D eigenvalue weighted by molar-refractivity contribution is -0.146. The summed E-state index contributed by atoms with van der Waals surface area (Å²) in [5.41, 5.74) is -0.955. The Morgan fingerprint density at radius 2 is 2.09 bits per heavy atom. The van der Waals surface area contributed by atoms with Gasteiger partial charge in [-0.15, -0.1) is 0 Å². The minimum Gasteiger partial charge on any atom is -0.464 e. The first kappa shape index (κ1) is 18.4. The van der Waals surface area contributed by atoms with E-state index in [1.165, 1.54) is 18.2 Å². The van der Waals surface area contributed by atoms with E-state index in [0.29, 0.717) is 12.3 Å². The third-order valence-electron chi connectivity index (χ3n) is 3.63. The van der Waals surface area contributed by atoms with Gasteiger partial charge in [0.25, 0.3) is 0 Å². The highest BCUT2D eigenvalue weighted by molar-refractivity contribution is 6.31. The van der Waals surface area contributed by atoms with Gasteiger partial charge >= 0.3 is 6.18 Å². The van der Waals surface area contributed by atoms with Crippen LogP contribution >= 0.6 is 11.6 Å². The van der Waals surface area contributed by atoms with Gasteiger partial charge in [-0.25, -0.2) is 0 Å². The van der Waals surface area contributed by atoms with Crippen molar-refractivity contribution in [3.63, 3.8) is 0 Å². The quantitative estimate of drug-likeness (QED) is 0.766. The average Bonchev–Trinajstić information content (AvgIpc) is 2.89. The van der Waals surface area contributed by atoms with Crippen LogP contribution in [0.3, 0.4) is 0 Å².